The fourth-order valence-electron chi connectivity index (χ4n) is 1.75. The van der Waals surface area contributed by atoms with E-state index in [-0.39, 0.29) is 0 Å². The summed E-state index contributed by atoms with van der Waals surface area (Å²) in [6, 6.07) is 9.55. The maximum atomic E-state index is 10.1. The maximum Gasteiger partial charge on any atom is 0.100 e. The van der Waals surface area contributed by atoms with Gasteiger partial charge in [0.2, 0.25) is 0 Å². The van der Waals surface area contributed by atoms with Crippen LogP contribution in [0.3, 0.4) is 0 Å². The van der Waals surface area contributed by atoms with Gasteiger partial charge in [-0.2, -0.15) is 5.26 Å². The third-order valence-electron chi connectivity index (χ3n) is 2.54. The highest BCUT2D eigenvalue weighted by atomic mass is 16.3. The lowest BCUT2D eigenvalue weighted by molar-refractivity contribution is 0.138. The van der Waals surface area contributed by atoms with Crippen molar-refractivity contribution in [3.8, 4) is 6.07 Å². The first-order valence-corrected chi connectivity index (χ1v) is 5.29. The van der Waals surface area contributed by atoms with Crippen molar-refractivity contribution in [1.29, 1.82) is 5.26 Å². The molecule has 1 aromatic carbocycles. The average molecular weight is 227 g/mol. The number of aromatic nitrogens is 2. The van der Waals surface area contributed by atoms with Gasteiger partial charge in [-0.25, -0.2) is 4.98 Å². The number of para-hydroxylation sites is 2. The van der Waals surface area contributed by atoms with Crippen LogP contribution in [0.25, 0.3) is 16.7 Å². The standard InChI is InChI=1S/C13H13N3O/c1-13(2,17)12(7-8-14)16-9-15-10-5-3-4-6-11(10)16/h3-7,9,17H,1-2H3/b12-7-. The minimum absolute atomic E-state index is 0.508. The van der Waals surface area contributed by atoms with E-state index in [9.17, 15) is 5.11 Å². The van der Waals surface area contributed by atoms with Crippen LogP contribution in [0.1, 0.15) is 13.8 Å². The van der Waals surface area contributed by atoms with E-state index in [4.69, 9.17) is 5.26 Å². The average Bonchev–Trinajstić information content (AvgIpc) is 2.68. The van der Waals surface area contributed by atoms with Crippen LogP contribution in [0.4, 0.5) is 0 Å². The second kappa shape index (κ2) is 4.04. The van der Waals surface area contributed by atoms with E-state index in [0.29, 0.717) is 5.70 Å². The molecule has 86 valence electrons. The van der Waals surface area contributed by atoms with Gasteiger partial charge in [-0.1, -0.05) is 12.1 Å². The fraction of sp³-hybridized carbons (Fsp3) is 0.231. The summed E-state index contributed by atoms with van der Waals surface area (Å²) in [5.74, 6) is 0. The van der Waals surface area contributed by atoms with Gasteiger partial charge in [0.25, 0.3) is 0 Å². The molecule has 0 saturated carbocycles. The predicted molar refractivity (Wildman–Crippen MR) is 65.9 cm³/mol. The van der Waals surface area contributed by atoms with Crippen molar-refractivity contribution in [2.45, 2.75) is 19.4 Å². The van der Waals surface area contributed by atoms with Crippen molar-refractivity contribution in [1.82, 2.24) is 9.55 Å². The molecule has 0 aliphatic heterocycles. The molecule has 0 unspecified atom stereocenters. The smallest absolute Gasteiger partial charge is 0.100 e. The molecule has 0 aliphatic rings. The summed E-state index contributed by atoms with van der Waals surface area (Å²) < 4.78 is 1.73. The first kappa shape index (κ1) is 11.4. The van der Waals surface area contributed by atoms with Crippen molar-refractivity contribution in [3.05, 3.63) is 36.7 Å². The summed E-state index contributed by atoms with van der Waals surface area (Å²) in [4.78, 5) is 4.24. The van der Waals surface area contributed by atoms with Gasteiger partial charge in [0.1, 0.15) is 11.9 Å². The van der Waals surface area contributed by atoms with E-state index in [1.807, 2.05) is 30.3 Å². The number of nitrogens with zero attached hydrogens (tertiary/aromatic N) is 3. The Balaban J connectivity index is 2.67. The highest BCUT2D eigenvalue weighted by molar-refractivity contribution is 5.80. The first-order chi connectivity index (χ1) is 8.04. The Bertz CT molecular complexity index is 611. The molecule has 2 rings (SSSR count). The van der Waals surface area contributed by atoms with Crippen molar-refractivity contribution in [2.75, 3.05) is 0 Å². The Labute approximate surface area is 99.4 Å². The van der Waals surface area contributed by atoms with E-state index in [0.717, 1.165) is 11.0 Å². The quantitative estimate of drug-likeness (QED) is 0.800. The maximum absolute atomic E-state index is 10.1. The molecule has 0 spiro atoms. The van der Waals surface area contributed by atoms with Crippen LogP contribution in [-0.2, 0) is 0 Å². The molecule has 0 bridgehead atoms. The second-order valence-corrected chi connectivity index (χ2v) is 4.32. The molecule has 4 nitrogen and oxygen atoms in total. The van der Waals surface area contributed by atoms with Crippen LogP contribution in [0, 0.1) is 11.3 Å². The van der Waals surface area contributed by atoms with E-state index >= 15 is 0 Å². The Morgan fingerprint density at radius 2 is 2.18 bits per heavy atom. The van der Waals surface area contributed by atoms with Gasteiger partial charge in [0.05, 0.1) is 22.8 Å². The molecule has 2 aromatic rings. The summed E-state index contributed by atoms with van der Waals surface area (Å²) in [5, 5.41) is 18.9. The molecule has 1 N–H and O–H groups in total. The van der Waals surface area contributed by atoms with Gasteiger partial charge in [-0.3, -0.25) is 4.57 Å². The minimum Gasteiger partial charge on any atom is -0.384 e. The van der Waals surface area contributed by atoms with E-state index in [1.165, 1.54) is 6.08 Å². The highest BCUT2D eigenvalue weighted by Crippen LogP contribution is 2.25. The van der Waals surface area contributed by atoms with Gasteiger partial charge >= 0.3 is 0 Å². The van der Waals surface area contributed by atoms with Crippen LogP contribution in [0.15, 0.2) is 36.7 Å². The molecule has 1 aromatic heterocycles. The van der Waals surface area contributed by atoms with Crippen molar-refractivity contribution >= 4 is 16.7 Å². The van der Waals surface area contributed by atoms with Crippen LogP contribution in [0.5, 0.6) is 0 Å². The second-order valence-electron chi connectivity index (χ2n) is 4.32. The summed E-state index contributed by atoms with van der Waals surface area (Å²) in [5.41, 5.74) is 1.12. The zero-order chi connectivity index (χ0) is 12.5. The first-order valence-electron chi connectivity index (χ1n) is 5.29. The molecule has 0 atom stereocenters. The number of fused-ring (bicyclic) bond motifs is 1. The van der Waals surface area contributed by atoms with Crippen molar-refractivity contribution in [2.24, 2.45) is 0 Å². The van der Waals surface area contributed by atoms with Gasteiger partial charge < -0.3 is 5.11 Å². The fourth-order valence-corrected chi connectivity index (χ4v) is 1.75. The lowest BCUT2D eigenvalue weighted by Crippen LogP contribution is -2.24. The third kappa shape index (κ3) is 2.05. The Hall–Kier alpha value is -2.12. The molecular weight excluding hydrogens is 214 g/mol. The van der Waals surface area contributed by atoms with Crippen LogP contribution < -0.4 is 0 Å². The van der Waals surface area contributed by atoms with Crippen molar-refractivity contribution < 1.29 is 5.11 Å². The molecular formula is C13H13N3O. The number of aliphatic hydroxyl groups is 1. The number of rotatable bonds is 2. The van der Waals surface area contributed by atoms with Gasteiger partial charge in [-0.15, -0.1) is 0 Å². The summed E-state index contributed by atoms with van der Waals surface area (Å²) in [6.07, 6.45) is 2.96. The van der Waals surface area contributed by atoms with E-state index < -0.39 is 5.60 Å². The predicted octanol–water partition coefficient (Wildman–Crippen LogP) is 2.17. The summed E-state index contributed by atoms with van der Waals surface area (Å²) >= 11 is 0. The van der Waals surface area contributed by atoms with Crippen LogP contribution in [0.2, 0.25) is 0 Å². The largest absolute Gasteiger partial charge is 0.384 e. The van der Waals surface area contributed by atoms with Gasteiger partial charge in [0.15, 0.2) is 0 Å². The molecule has 4 heteroatoms. The van der Waals surface area contributed by atoms with Gasteiger partial charge in [0, 0.05) is 6.08 Å². The third-order valence-corrected chi connectivity index (χ3v) is 2.54. The Morgan fingerprint density at radius 3 is 2.82 bits per heavy atom. The Kier molecular flexibility index (Phi) is 2.70. The number of benzene rings is 1. The molecule has 0 fully saturated rings. The zero-order valence-electron chi connectivity index (χ0n) is 9.75. The number of hydrogen-bond acceptors (Lipinski definition) is 3. The topological polar surface area (TPSA) is 61.8 Å². The van der Waals surface area contributed by atoms with Gasteiger partial charge in [-0.05, 0) is 26.0 Å². The van der Waals surface area contributed by atoms with E-state index in [1.54, 1.807) is 24.7 Å². The van der Waals surface area contributed by atoms with Crippen LogP contribution >= 0.6 is 0 Å². The zero-order valence-corrected chi connectivity index (χ0v) is 9.75. The number of allylic oxidation sites excluding steroid dienone is 1. The molecule has 17 heavy (non-hydrogen) atoms. The molecule has 0 amide bonds. The molecule has 0 saturated heterocycles. The van der Waals surface area contributed by atoms with Crippen molar-refractivity contribution in [3.63, 3.8) is 0 Å². The summed E-state index contributed by atoms with van der Waals surface area (Å²) in [6.45, 7) is 3.29. The number of nitriles is 1. The molecule has 1 heterocycles. The lowest BCUT2D eigenvalue weighted by Gasteiger charge is -2.22. The molecule has 0 aliphatic carbocycles. The SMILES string of the molecule is CC(C)(O)/C(=C/C#N)n1cnc2ccccc21. The normalized spacial score (nSPS) is 12.7. The minimum atomic E-state index is -1.10. The number of hydrogen-bond donors (Lipinski definition) is 1. The molecule has 0 radical (unpaired) electrons. The van der Waals surface area contributed by atoms with E-state index in [2.05, 4.69) is 4.98 Å². The number of imidazole rings is 1. The Morgan fingerprint density at radius 1 is 1.47 bits per heavy atom. The lowest BCUT2D eigenvalue weighted by atomic mass is 10.0. The highest BCUT2D eigenvalue weighted by Gasteiger charge is 2.22. The summed E-state index contributed by atoms with van der Waals surface area (Å²) in [7, 11) is 0. The van der Waals surface area contributed by atoms with Crippen LogP contribution in [-0.4, -0.2) is 20.3 Å². The monoisotopic (exact) mass is 227 g/mol.